The highest BCUT2D eigenvalue weighted by molar-refractivity contribution is 5.57. The van der Waals surface area contributed by atoms with Crippen LogP contribution in [-0.4, -0.2) is 10.2 Å². The summed E-state index contributed by atoms with van der Waals surface area (Å²) in [5.74, 6) is 0.544. The Kier molecular flexibility index (Phi) is 10.3. The van der Waals surface area contributed by atoms with Crippen molar-refractivity contribution in [1.82, 2.24) is 0 Å². The number of nitrogens with zero attached hydrogens (tertiary/aromatic N) is 2. The summed E-state index contributed by atoms with van der Waals surface area (Å²) in [6.45, 7) is 26.4. The van der Waals surface area contributed by atoms with Crippen LogP contribution in [0.15, 0.2) is 48.5 Å². The first-order valence-electron chi connectivity index (χ1n) is 18.8. The van der Waals surface area contributed by atoms with E-state index < -0.39 is 0 Å². The van der Waals surface area contributed by atoms with Crippen LogP contribution >= 0.6 is 0 Å². The number of phenolic OH excluding ortho intramolecular Hbond substituents is 2. The van der Waals surface area contributed by atoms with Gasteiger partial charge in [-0.1, -0.05) is 132 Å². The lowest BCUT2D eigenvalue weighted by Crippen LogP contribution is -2.17. The molecule has 0 heterocycles. The summed E-state index contributed by atoms with van der Waals surface area (Å²) in [4.78, 5) is 0. The van der Waals surface area contributed by atoms with Gasteiger partial charge in [0.15, 0.2) is 0 Å². The van der Waals surface area contributed by atoms with E-state index in [2.05, 4.69) is 144 Å². The van der Waals surface area contributed by atoms with Crippen molar-refractivity contribution in [3.05, 3.63) is 126 Å². The van der Waals surface area contributed by atoms with Crippen LogP contribution in [-0.2, 0) is 60.2 Å². The van der Waals surface area contributed by atoms with Gasteiger partial charge in [0.2, 0.25) is 0 Å². The highest BCUT2D eigenvalue weighted by atomic mass is 16.3. The van der Waals surface area contributed by atoms with E-state index in [1.807, 2.05) is 0 Å². The summed E-state index contributed by atoms with van der Waals surface area (Å²) >= 11 is 0. The first kappa shape index (κ1) is 38.7. The SMILES string of the molecule is CC(C)(C)c1cc2c(O)c(c1)Cc1cc(C(C)(C)C)cc(c1CC#N)Cc1cc(C(C)(C)C)cc(c1O)Cc1cc(C(C)(C)C)cc(c1CC#N)C2. The molecule has 0 fully saturated rings. The highest BCUT2D eigenvalue weighted by Crippen LogP contribution is 2.41. The van der Waals surface area contributed by atoms with Gasteiger partial charge >= 0.3 is 0 Å². The number of aromatic hydroxyl groups is 2. The third kappa shape index (κ3) is 8.08. The second-order valence-corrected chi connectivity index (χ2v) is 19.2. The van der Waals surface area contributed by atoms with Gasteiger partial charge in [0.1, 0.15) is 11.5 Å². The van der Waals surface area contributed by atoms with E-state index in [-0.39, 0.29) is 46.0 Å². The average molecular weight is 695 g/mol. The fourth-order valence-corrected chi connectivity index (χ4v) is 7.45. The van der Waals surface area contributed by atoms with Crippen LogP contribution in [0.4, 0.5) is 0 Å². The van der Waals surface area contributed by atoms with E-state index in [0.717, 1.165) is 77.9 Å². The van der Waals surface area contributed by atoms with Crippen molar-refractivity contribution in [2.45, 2.75) is 143 Å². The average Bonchev–Trinajstić information content (AvgIpc) is 3.01. The second-order valence-electron chi connectivity index (χ2n) is 19.2. The Morgan fingerprint density at radius 2 is 0.596 bits per heavy atom. The predicted molar refractivity (Wildman–Crippen MR) is 214 cm³/mol. The maximum Gasteiger partial charge on any atom is 0.122 e. The molecular formula is C48H58N2O2. The van der Waals surface area contributed by atoms with E-state index in [1.54, 1.807) is 0 Å². The van der Waals surface area contributed by atoms with Gasteiger partial charge in [-0.2, -0.15) is 10.5 Å². The molecule has 0 unspecified atom stereocenters. The zero-order chi connectivity index (χ0) is 38.6. The van der Waals surface area contributed by atoms with Gasteiger partial charge in [-0.15, -0.1) is 0 Å². The summed E-state index contributed by atoms with van der Waals surface area (Å²) in [5.41, 5.74) is 13.3. The zero-order valence-corrected chi connectivity index (χ0v) is 33.7. The van der Waals surface area contributed by atoms with E-state index in [1.165, 1.54) is 0 Å². The molecule has 52 heavy (non-hydrogen) atoms. The van der Waals surface area contributed by atoms with E-state index in [9.17, 15) is 20.7 Å². The minimum Gasteiger partial charge on any atom is -0.507 e. The quantitative estimate of drug-likeness (QED) is 0.192. The molecular weight excluding hydrogens is 637 g/mol. The number of phenols is 2. The predicted octanol–water partition coefficient (Wildman–Crippen LogP) is 11.1. The number of hydrogen-bond donors (Lipinski definition) is 2. The molecule has 0 radical (unpaired) electrons. The molecule has 0 spiro atoms. The third-order valence-corrected chi connectivity index (χ3v) is 10.9. The largest absolute Gasteiger partial charge is 0.507 e. The Bertz CT molecular complexity index is 1860. The molecule has 0 saturated carbocycles. The maximum atomic E-state index is 12.2. The van der Waals surface area contributed by atoms with Crippen molar-refractivity contribution in [3.63, 3.8) is 0 Å². The van der Waals surface area contributed by atoms with E-state index >= 15 is 0 Å². The summed E-state index contributed by atoms with van der Waals surface area (Å²) < 4.78 is 0. The Morgan fingerprint density at radius 1 is 0.404 bits per heavy atom. The molecule has 2 N–H and O–H groups in total. The number of benzene rings is 4. The van der Waals surface area contributed by atoms with Crippen molar-refractivity contribution in [3.8, 4) is 23.6 Å². The molecule has 5 rings (SSSR count). The molecule has 4 heteroatoms. The molecule has 0 amide bonds. The minimum absolute atomic E-state index is 0.166. The van der Waals surface area contributed by atoms with Crippen molar-refractivity contribution in [2.75, 3.05) is 0 Å². The molecule has 0 aromatic heterocycles. The fraction of sp³-hybridized carbons (Fsp3) is 0.458. The van der Waals surface area contributed by atoms with E-state index in [0.29, 0.717) is 25.7 Å². The van der Waals surface area contributed by atoms with Gasteiger partial charge in [0, 0.05) is 25.7 Å². The summed E-state index contributed by atoms with van der Waals surface area (Å²) in [7, 11) is 0. The normalized spacial score (nSPS) is 13.7. The molecule has 1 aliphatic carbocycles. The van der Waals surface area contributed by atoms with Crippen LogP contribution in [0.3, 0.4) is 0 Å². The molecule has 8 bridgehead atoms. The Hall–Kier alpha value is -4.54. The number of fused-ring (bicyclic) bond motifs is 8. The molecule has 272 valence electrons. The maximum absolute atomic E-state index is 12.2. The fourth-order valence-electron chi connectivity index (χ4n) is 7.45. The number of hydrogen-bond acceptors (Lipinski definition) is 4. The lowest BCUT2D eigenvalue weighted by Gasteiger charge is -2.28. The molecule has 0 saturated heterocycles. The van der Waals surface area contributed by atoms with Gasteiger partial charge in [-0.3, -0.25) is 0 Å². The van der Waals surface area contributed by atoms with Crippen LogP contribution in [0.5, 0.6) is 11.5 Å². The van der Waals surface area contributed by atoms with Gasteiger partial charge in [0.05, 0.1) is 25.0 Å². The van der Waals surface area contributed by atoms with Crippen molar-refractivity contribution >= 4 is 0 Å². The topological polar surface area (TPSA) is 88.0 Å². The standard InChI is InChI=1S/C48H58N2O2/c1-45(2,3)37-21-29-17-33-25-39(47(7,8)9)27-35(43(33)51)19-31-23-38(46(4,5)6)24-32(42(31)14-16-50)20-36-28-40(48(10,11)12)26-34(44(36)52)18-30(22-37)41(29)13-15-49/h21-28,51-52H,13-14,17-20H2,1-12H3. The molecule has 0 atom stereocenters. The van der Waals surface area contributed by atoms with Crippen LogP contribution in [0, 0.1) is 22.7 Å². The van der Waals surface area contributed by atoms with Crippen molar-refractivity contribution < 1.29 is 10.2 Å². The van der Waals surface area contributed by atoms with Gasteiger partial charge in [-0.05, 0) is 99.5 Å². The van der Waals surface area contributed by atoms with Crippen LogP contribution in [0.25, 0.3) is 0 Å². The Labute approximate surface area is 313 Å². The molecule has 1 aliphatic rings. The van der Waals surface area contributed by atoms with E-state index in [4.69, 9.17) is 0 Å². The Morgan fingerprint density at radius 3 is 0.769 bits per heavy atom. The minimum atomic E-state index is -0.176. The summed E-state index contributed by atoms with van der Waals surface area (Å²) in [5, 5.41) is 44.8. The van der Waals surface area contributed by atoms with Gasteiger partial charge in [-0.25, -0.2) is 0 Å². The van der Waals surface area contributed by atoms with Gasteiger partial charge < -0.3 is 10.2 Å². The molecule has 4 aromatic rings. The molecule has 4 nitrogen and oxygen atoms in total. The lowest BCUT2D eigenvalue weighted by atomic mass is 9.77. The Balaban J connectivity index is 1.96. The second kappa shape index (κ2) is 13.8. The zero-order valence-electron chi connectivity index (χ0n) is 33.7. The summed E-state index contributed by atoms with van der Waals surface area (Å²) in [6, 6.07) is 22.3. The van der Waals surface area contributed by atoms with Gasteiger partial charge in [0.25, 0.3) is 0 Å². The van der Waals surface area contributed by atoms with Crippen LogP contribution in [0.2, 0.25) is 0 Å². The smallest absolute Gasteiger partial charge is 0.122 e. The third-order valence-electron chi connectivity index (χ3n) is 10.9. The molecule has 4 aromatic carbocycles. The summed E-state index contributed by atoms with van der Waals surface area (Å²) in [6.07, 6.45) is 2.32. The van der Waals surface area contributed by atoms with Crippen molar-refractivity contribution in [1.29, 1.82) is 10.5 Å². The lowest BCUT2D eigenvalue weighted by molar-refractivity contribution is 0.461. The van der Waals surface area contributed by atoms with Crippen LogP contribution < -0.4 is 0 Å². The number of nitriles is 2. The highest BCUT2D eigenvalue weighted by Gasteiger charge is 2.27. The first-order chi connectivity index (χ1) is 24.0. The molecule has 0 aliphatic heterocycles. The van der Waals surface area contributed by atoms with Crippen LogP contribution in [0.1, 0.15) is 161 Å². The number of rotatable bonds is 2. The first-order valence-corrected chi connectivity index (χ1v) is 18.8. The monoisotopic (exact) mass is 694 g/mol. The van der Waals surface area contributed by atoms with Crippen molar-refractivity contribution in [2.24, 2.45) is 0 Å².